The lowest BCUT2D eigenvalue weighted by molar-refractivity contribution is 0.601. The molecule has 112 valence electrons. The predicted octanol–water partition coefficient (Wildman–Crippen LogP) is 3.39. The molecular formula is C13H11Cl2FN2O2S. The van der Waals surface area contributed by atoms with Crippen molar-refractivity contribution in [2.24, 2.45) is 5.73 Å². The Bertz CT molecular complexity index is 782. The molecule has 0 aliphatic heterocycles. The number of hydrogen-bond donors (Lipinski definition) is 2. The van der Waals surface area contributed by atoms with Gasteiger partial charge in [-0.15, -0.1) is 0 Å². The van der Waals surface area contributed by atoms with Crippen molar-refractivity contribution in [3.8, 4) is 0 Å². The van der Waals surface area contributed by atoms with Crippen molar-refractivity contribution in [3.63, 3.8) is 0 Å². The van der Waals surface area contributed by atoms with Gasteiger partial charge in [-0.3, -0.25) is 4.72 Å². The molecule has 0 saturated carbocycles. The number of hydrogen-bond acceptors (Lipinski definition) is 3. The Morgan fingerprint density at radius 3 is 2.38 bits per heavy atom. The minimum atomic E-state index is -3.88. The van der Waals surface area contributed by atoms with E-state index in [-0.39, 0.29) is 27.2 Å². The van der Waals surface area contributed by atoms with Crippen molar-refractivity contribution in [2.75, 3.05) is 4.72 Å². The molecule has 0 aliphatic carbocycles. The van der Waals surface area contributed by atoms with Gasteiger partial charge in [0.2, 0.25) is 0 Å². The molecule has 2 aromatic carbocycles. The zero-order valence-electron chi connectivity index (χ0n) is 10.6. The van der Waals surface area contributed by atoms with Crippen molar-refractivity contribution in [1.29, 1.82) is 0 Å². The summed E-state index contributed by atoms with van der Waals surface area (Å²) in [5.41, 5.74) is 6.18. The maximum absolute atomic E-state index is 12.9. The Labute approximate surface area is 131 Å². The SMILES string of the molecule is NCc1ccc(S(=O)(=O)Nc2ccc(F)cc2Cl)cc1Cl. The summed E-state index contributed by atoms with van der Waals surface area (Å²) in [7, 11) is -3.88. The van der Waals surface area contributed by atoms with Crippen LogP contribution in [0.25, 0.3) is 0 Å². The number of rotatable bonds is 4. The molecule has 0 unspecified atom stereocenters. The van der Waals surface area contributed by atoms with Gasteiger partial charge in [-0.25, -0.2) is 12.8 Å². The third-order valence-corrected chi connectivity index (χ3v) is 4.76. The zero-order chi connectivity index (χ0) is 15.6. The Hall–Kier alpha value is -1.34. The number of anilines is 1. The molecule has 21 heavy (non-hydrogen) atoms. The van der Waals surface area contributed by atoms with E-state index in [1.165, 1.54) is 24.3 Å². The van der Waals surface area contributed by atoms with E-state index in [1.807, 2.05) is 0 Å². The average Bonchev–Trinajstić information content (AvgIpc) is 2.42. The Balaban J connectivity index is 2.36. The van der Waals surface area contributed by atoms with E-state index in [9.17, 15) is 12.8 Å². The van der Waals surface area contributed by atoms with Gasteiger partial charge in [-0.05, 0) is 35.9 Å². The summed E-state index contributed by atoms with van der Waals surface area (Å²) in [6.07, 6.45) is 0. The summed E-state index contributed by atoms with van der Waals surface area (Å²) in [6, 6.07) is 7.57. The minimum absolute atomic E-state index is 0.0370. The van der Waals surface area contributed by atoms with E-state index in [4.69, 9.17) is 28.9 Å². The Kier molecular flexibility index (Phi) is 4.73. The van der Waals surface area contributed by atoms with Crippen LogP contribution in [0.4, 0.5) is 10.1 Å². The smallest absolute Gasteiger partial charge is 0.261 e. The van der Waals surface area contributed by atoms with Gasteiger partial charge in [-0.1, -0.05) is 29.3 Å². The molecule has 0 saturated heterocycles. The first-order chi connectivity index (χ1) is 9.83. The van der Waals surface area contributed by atoms with E-state index in [0.717, 1.165) is 12.1 Å². The highest BCUT2D eigenvalue weighted by atomic mass is 35.5. The Morgan fingerprint density at radius 2 is 1.81 bits per heavy atom. The van der Waals surface area contributed by atoms with Gasteiger partial charge < -0.3 is 5.73 Å². The lowest BCUT2D eigenvalue weighted by Gasteiger charge is -2.11. The molecule has 0 heterocycles. The molecule has 0 aliphatic rings. The van der Waals surface area contributed by atoms with Gasteiger partial charge in [-0.2, -0.15) is 0 Å². The first-order valence-electron chi connectivity index (χ1n) is 5.80. The third-order valence-electron chi connectivity index (χ3n) is 2.73. The molecule has 4 nitrogen and oxygen atoms in total. The molecule has 0 bridgehead atoms. The van der Waals surface area contributed by atoms with Crippen LogP contribution in [-0.2, 0) is 16.6 Å². The van der Waals surface area contributed by atoms with Gasteiger partial charge >= 0.3 is 0 Å². The highest BCUT2D eigenvalue weighted by Crippen LogP contribution is 2.27. The van der Waals surface area contributed by atoms with Crippen molar-refractivity contribution >= 4 is 38.9 Å². The highest BCUT2D eigenvalue weighted by Gasteiger charge is 2.17. The van der Waals surface area contributed by atoms with Crippen LogP contribution >= 0.6 is 23.2 Å². The molecule has 2 rings (SSSR count). The van der Waals surface area contributed by atoms with Crippen molar-refractivity contribution in [1.82, 2.24) is 0 Å². The Morgan fingerprint density at radius 1 is 1.10 bits per heavy atom. The van der Waals surface area contributed by atoms with Gasteiger partial charge in [0.05, 0.1) is 15.6 Å². The van der Waals surface area contributed by atoms with Crippen molar-refractivity contribution < 1.29 is 12.8 Å². The molecule has 0 aromatic heterocycles. The summed E-state index contributed by atoms with van der Waals surface area (Å²) in [6.45, 7) is 0.205. The standard InChI is InChI=1S/C13H11Cl2FN2O2S/c14-11-6-10(3-1-8(11)7-17)21(19,20)18-13-4-2-9(16)5-12(13)15/h1-6,18H,7,17H2. The van der Waals surface area contributed by atoms with Crippen LogP contribution < -0.4 is 10.5 Å². The summed E-state index contributed by atoms with van der Waals surface area (Å²) in [5, 5.41) is 0.217. The van der Waals surface area contributed by atoms with Gasteiger partial charge in [0, 0.05) is 11.6 Å². The fourth-order valence-electron chi connectivity index (χ4n) is 1.64. The largest absolute Gasteiger partial charge is 0.326 e. The van der Waals surface area contributed by atoms with Crippen LogP contribution in [0.3, 0.4) is 0 Å². The second-order valence-corrected chi connectivity index (χ2v) is 6.68. The molecule has 0 fully saturated rings. The number of benzene rings is 2. The number of nitrogens with one attached hydrogen (secondary N) is 1. The van der Waals surface area contributed by atoms with Crippen molar-refractivity contribution in [2.45, 2.75) is 11.4 Å². The fraction of sp³-hybridized carbons (Fsp3) is 0.0769. The van der Waals surface area contributed by atoms with Crippen molar-refractivity contribution in [3.05, 3.63) is 57.8 Å². The zero-order valence-corrected chi connectivity index (χ0v) is 12.9. The van der Waals surface area contributed by atoms with Crippen LogP contribution in [-0.4, -0.2) is 8.42 Å². The summed E-state index contributed by atoms with van der Waals surface area (Å²) in [4.78, 5) is -0.0370. The maximum atomic E-state index is 12.9. The van der Waals surface area contributed by atoms with Crippen LogP contribution in [0.2, 0.25) is 10.0 Å². The summed E-state index contributed by atoms with van der Waals surface area (Å²) in [5.74, 6) is -0.557. The molecule has 8 heteroatoms. The van der Waals surface area contributed by atoms with E-state index in [2.05, 4.69) is 4.72 Å². The number of nitrogens with two attached hydrogens (primary N) is 1. The van der Waals surface area contributed by atoms with Gasteiger partial charge in [0.1, 0.15) is 5.82 Å². The van der Waals surface area contributed by atoms with E-state index >= 15 is 0 Å². The third kappa shape index (κ3) is 3.65. The lowest BCUT2D eigenvalue weighted by atomic mass is 10.2. The van der Waals surface area contributed by atoms with E-state index in [0.29, 0.717) is 5.56 Å². The van der Waals surface area contributed by atoms with Crippen LogP contribution in [0.1, 0.15) is 5.56 Å². The maximum Gasteiger partial charge on any atom is 0.261 e. The lowest BCUT2D eigenvalue weighted by Crippen LogP contribution is -2.13. The molecule has 0 spiro atoms. The van der Waals surface area contributed by atoms with Crippen LogP contribution in [0.15, 0.2) is 41.3 Å². The summed E-state index contributed by atoms with van der Waals surface area (Å²) < 4.78 is 39.7. The van der Waals surface area contributed by atoms with Crippen LogP contribution in [0, 0.1) is 5.82 Å². The topological polar surface area (TPSA) is 72.2 Å². The first kappa shape index (κ1) is 16.0. The molecule has 0 amide bonds. The molecule has 3 N–H and O–H groups in total. The average molecular weight is 349 g/mol. The second kappa shape index (κ2) is 6.19. The monoisotopic (exact) mass is 348 g/mol. The highest BCUT2D eigenvalue weighted by molar-refractivity contribution is 7.92. The normalized spacial score (nSPS) is 11.4. The minimum Gasteiger partial charge on any atom is -0.326 e. The first-order valence-corrected chi connectivity index (χ1v) is 8.04. The number of sulfonamides is 1. The quantitative estimate of drug-likeness (QED) is 0.889. The van der Waals surface area contributed by atoms with E-state index < -0.39 is 15.8 Å². The molecule has 0 radical (unpaired) electrons. The molecular weight excluding hydrogens is 338 g/mol. The summed E-state index contributed by atoms with van der Waals surface area (Å²) >= 11 is 11.7. The molecule has 2 aromatic rings. The number of halogens is 3. The van der Waals surface area contributed by atoms with E-state index in [1.54, 1.807) is 0 Å². The molecule has 0 atom stereocenters. The second-order valence-electron chi connectivity index (χ2n) is 4.19. The fourth-order valence-corrected chi connectivity index (χ4v) is 3.34. The van der Waals surface area contributed by atoms with Crippen LogP contribution in [0.5, 0.6) is 0 Å². The predicted molar refractivity (Wildman–Crippen MR) is 81.6 cm³/mol. The van der Waals surface area contributed by atoms with Gasteiger partial charge in [0.25, 0.3) is 10.0 Å². The van der Waals surface area contributed by atoms with Gasteiger partial charge in [0.15, 0.2) is 0 Å².